The number of nitrogen functional groups attached to an aromatic ring is 1. The van der Waals surface area contributed by atoms with Crippen LogP contribution in [-0.2, 0) is 14.8 Å². The number of nitrogens with two attached hydrogens (primary N) is 1. The second-order valence-corrected chi connectivity index (χ2v) is 6.75. The Labute approximate surface area is 116 Å². The number of benzene rings is 1. The molecular weight excluding hydrogens is 295 g/mol. The van der Waals surface area contributed by atoms with E-state index < -0.39 is 20.7 Å². The van der Waals surface area contributed by atoms with Crippen molar-refractivity contribution in [3.8, 4) is 0 Å². The Morgan fingerprint density at radius 2 is 2.21 bits per heavy atom. The van der Waals surface area contributed by atoms with E-state index in [-0.39, 0.29) is 16.8 Å². The molecule has 1 aromatic rings. The van der Waals surface area contributed by atoms with E-state index in [0.717, 1.165) is 10.4 Å². The lowest BCUT2D eigenvalue weighted by atomic mass is 10.3. The highest BCUT2D eigenvalue weighted by molar-refractivity contribution is 7.89. The highest BCUT2D eigenvalue weighted by atomic mass is 35.5. The van der Waals surface area contributed by atoms with Crippen molar-refractivity contribution in [2.75, 3.05) is 26.0 Å². The summed E-state index contributed by atoms with van der Waals surface area (Å²) in [6, 6.07) is 1.94. The van der Waals surface area contributed by atoms with Gasteiger partial charge in [-0.1, -0.05) is 11.6 Å². The first-order valence-electron chi connectivity index (χ1n) is 5.64. The van der Waals surface area contributed by atoms with Crippen LogP contribution in [0.15, 0.2) is 17.0 Å². The average molecular weight is 309 g/mol. The van der Waals surface area contributed by atoms with Crippen LogP contribution in [0.2, 0.25) is 5.02 Å². The first-order valence-corrected chi connectivity index (χ1v) is 7.46. The summed E-state index contributed by atoms with van der Waals surface area (Å²) in [5.41, 5.74) is 5.11. The van der Waals surface area contributed by atoms with Crippen LogP contribution in [0.3, 0.4) is 0 Å². The van der Waals surface area contributed by atoms with Crippen molar-refractivity contribution >= 4 is 27.3 Å². The number of anilines is 1. The molecule has 1 aromatic carbocycles. The van der Waals surface area contributed by atoms with Crippen LogP contribution in [0.4, 0.5) is 10.1 Å². The fraction of sp³-hybridized carbons (Fsp3) is 0.455. The van der Waals surface area contributed by atoms with Gasteiger partial charge < -0.3 is 10.5 Å². The van der Waals surface area contributed by atoms with E-state index in [1.54, 1.807) is 0 Å². The van der Waals surface area contributed by atoms with Crippen molar-refractivity contribution in [2.45, 2.75) is 17.4 Å². The predicted octanol–water partition coefficient (Wildman–Crippen LogP) is 1.47. The highest BCUT2D eigenvalue weighted by Crippen LogP contribution is 2.28. The van der Waals surface area contributed by atoms with E-state index >= 15 is 0 Å². The van der Waals surface area contributed by atoms with E-state index in [1.165, 1.54) is 13.1 Å². The summed E-state index contributed by atoms with van der Waals surface area (Å²) in [5.74, 6) is -0.977. The largest absolute Gasteiger partial charge is 0.396 e. The molecule has 1 heterocycles. The lowest BCUT2D eigenvalue weighted by molar-refractivity contribution is 0.180. The normalized spacial score (nSPS) is 20.1. The Morgan fingerprint density at radius 3 is 2.79 bits per heavy atom. The molecule has 0 saturated carbocycles. The van der Waals surface area contributed by atoms with Crippen LogP contribution in [0, 0.1) is 5.82 Å². The summed E-state index contributed by atoms with van der Waals surface area (Å²) < 4.78 is 44.9. The van der Waals surface area contributed by atoms with Gasteiger partial charge in [0.1, 0.15) is 4.90 Å². The predicted molar refractivity (Wildman–Crippen MR) is 70.0 cm³/mol. The molecule has 0 bridgehead atoms. The van der Waals surface area contributed by atoms with Crippen molar-refractivity contribution < 1.29 is 17.5 Å². The van der Waals surface area contributed by atoms with E-state index in [9.17, 15) is 12.8 Å². The second-order valence-electron chi connectivity index (χ2n) is 4.35. The molecule has 0 radical (unpaired) electrons. The summed E-state index contributed by atoms with van der Waals surface area (Å²) in [5, 5.41) is 0.0774. The Kier molecular flexibility index (Phi) is 4.00. The third-order valence-electron chi connectivity index (χ3n) is 3.11. The van der Waals surface area contributed by atoms with Crippen LogP contribution in [0.1, 0.15) is 6.42 Å². The van der Waals surface area contributed by atoms with Crippen LogP contribution in [0.25, 0.3) is 0 Å². The zero-order valence-electron chi connectivity index (χ0n) is 10.3. The van der Waals surface area contributed by atoms with Gasteiger partial charge in [-0.15, -0.1) is 0 Å². The van der Waals surface area contributed by atoms with Crippen LogP contribution in [0.5, 0.6) is 0 Å². The third kappa shape index (κ3) is 2.69. The molecule has 1 saturated heterocycles. The molecule has 0 aromatic heterocycles. The minimum Gasteiger partial charge on any atom is -0.396 e. The van der Waals surface area contributed by atoms with Crippen LogP contribution in [-0.4, -0.2) is 39.0 Å². The quantitative estimate of drug-likeness (QED) is 0.858. The molecule has 1 unspecified atom stereocenters. The first kappa shape index (κ1) is 14.5. The standard InChI is InChI=1S/C11H14ClFN2O3S/c1-15(8-2-3-18-6-8)19(16,17)10-5-7(12)4-9(14)11(10)13/h4-5,8H,2-3,6,14H2,1H3. The number of hydrogen-bond acceptors (Lipinski definition) is 4. The zero-order chi connectivity index (χ0) is 14.2. The van der Waals surface area contributed by atoms with Gasteiger partial charge in [0.25, 0.3) is 0 Å². The average Bonchev–Trinajstić information content (AvgIpc) is 2.86. The van der Waals surface area contributed by atoms with E-state index in [0.29, 0.717) is 19.6 Å². The lowest BCUT2D eigenvalue weighted by Crippen LogP contribution is -2.37. The maximum atomic E-state index is 13.9. The lowest BCUT2D eigenvalue weighted by Gasteiger charge is -2.23. The molecule has 5 nitrogen and oxygen atoms in total. The van der Waals surface area contributed by atoms with Gasteiger partial charge in [0.2, 0.25) is 10.0 Å². The molecule has 1 aliphatic heterocycles. The molecule has 1 fully saturated rings. The number of sulfonamides is 1. The third-order valence-corrected chi connectivity index (χ3v) is 5.24. The maximum Gasteiger partial charge on any atom is 0.246 e. The maximum absolute atomic E-state index is 13.9. The van der Waals surface area contributed by atoms with Gasteiger partial charge in [0.05, 0.1) is 18.3 Å². The Balaban J connectivity index is 2.44. The molecule has 0 aliphatic carbocycles. The molecule has 2 rings (SSSR count). The fourth-order valence-electron chi connectivity index (χ4n) is 1.93. The highest BCUT2D eigenvalue weighted by Gasteiger charge is 2.33. The van der Waals surface area contributed by atoms with Crippen LogP contribution < -0.4 is 5.73 Å². The number of hydrogen-bond donors (Lipinski definition) is 1. The van der Waals surface area contributed by atoms with Gasteiger partial charge >= 0.3 is 0 Å². The van der Waals surface area contributed by atoms with Crippen molar-refractivity contribution in [2.24, 2.45) is 0 Å². The van der Waals surface area contributed by atoms with Gasteiger partial charge in [-0.05, 0) is 18.6 Å². The summed E-state index contributed by atoms with van der Waals surface area (Å²) in [4.78, 5) is -0.507. The van der Waals surface area contributed by atoms with Crippen molar-refractivity contribution in [3.05, 3.63) is 23.0 Å². The molecule has 8 heteroatoms. The molecule has 0 amide bonds. The number of likely N-dealkylation sites (N-methyl/N-ethyl adjacent to an activating group) is 1. The molecule has 1 aliphatic rings. The summed E-state index contributed by atoms with van der Waals surface area (Å²) in [7, 11) is -2.59. The molecular formula is C11H14ClFN2O3S. The smallest absolute Gasteiger partial charge is 0.246 e. The topological polar surface area (TPSA) is 72.6 Å². The zero-order valence-corrected chi connectivity index (χ0v) is 11.8. The first-order chi connectivity index (χ1) is 8.84. The van der Waals surface area contributed by atoms with Crippen LogP contribution >= 0.6 is 11.6 Å². The monoisotopic (exact) mass is 308 g/mol. The number of ether oxygens (including phenoxy) is 1. The minimum absolute atomic E-state index is 0.0774. The van der Waals surface area contributed by atoms with Gasteiger partial charge in [-0.25, -0.2) is 12.8 Å². The fourth-order valence-corrected chi connectivity index (χ4v) is 3.71. The summed E-state index contributed by atoms with van der Waals surface area (Å²) >= 11 is 5.74. The molecule has 19 heavy (non-hydrogen) atoms. The number of rotatable bonds is 3. The van der Waals surface area contributed by atoms with Gasteiger partial charge in [0, 0.05) is 18.7 Å². The Morgan fingerprint density at radius 1 is 1.53 bits per heavy atom. The molecule has 106 valence electrons. The molecule has 2 N–H and O–H groups in total. The second kappa shape index (κ2) is 5.24. The number of halogens is 2. The summed E-state index contributed by atoms with van der Waals surface area (Å²) in [6.45, 7) is 0.790. The Hall–Kier alpha value is -0.890. The van der Waals surface area contributed by atoms with Crippen molar-refractivity contribution in [3.63, 3.8) is 0 Å². The molecule has 0 spiro atoms. The molecule has 1 atom stereocenters. The van der Waals surface area contributed by atoms with Crippen molar-refractivity contribution in [1.29, 1.82) is 0 Å². The number of nitrogens with zero attached hydrogens (tertiary/aromatic N) is 1. The SMILES string of the molecule is CN(C1CCOC1)S(=O)(=O)c1cc(Cl)cc(N)c1F. The van der Waals surface area contributed by atoms with Gasteiger partial charge in [0.15, 0.2) is 5.82 Å². The Bertz CT molecular complexity index is 588. The van der Waals surface area contributed by atoms with Crippen molar-refractivity contribution in [1.82, 2.24) is 4.31 Å². The van der Waals surface area contributed by atoms with Gasteiger partial charge in [-0.2, -0.15) is 4.31 Å². The van der Waals surface area contributed by atoms with E-state index in [4.69, 9.17) is 22.1 Å². The summed E-state index contributed by atoms with van der Waals surface area (Å²) in [6.07, 6.45) is 0.577. The van der Waals surface area contributed by atoms with E-state index in [1.807, 2.05) is 0 Å². The van der Waals surface area contributed by atoms with Gasteiger partial charge in [-0.3, -0.25) is 0 Å². The minimum atomic E-state index is -3.98. The van der Waals surface area contributed by atoms with E-state index in [2.05, 4.69) is 0 Å².